The van der Waals surface area contributed by atoms with E-state index in [0.29, 0.717) is 12.5 Å². The van der Waals surface area contributed by atoms with Crippen LogP contribution in [0.25, 0.3) is 0 Å². The highest BCUT2D eigenvalue weighted by atomic mass is 16.2. The van der Waals surface area contributed by atoms with Crippen LogP contribution in [0.15, 0.2) is 0 Å². The molecule has 1 saturated carbocycles. The quantitative estimate of drug-likeness (QED) is 0.847. The maximum Gasteiger partial charge on any atom is 0.226 e. The van der Waals surface area contributed by atoms with Gasteiger partial charge < -0.3 is 15.5 Å². The fourth-order valence-corrected chi connectivity index (χ4v) is 3.76. The van der Waals surface area contributed by atoms with E-state index in [2.05, 4.69) is 0 Å². The number of nitrogens with two attached hydrogens (primary N) is 1. The normalized spacial score (nSPS) is 27.5. The van der Waals surface area contributed by atoms with Gasteiger partial charge in [-0.15, -0.1) is 0 Å². The number of amides is 2. The van der Waals surface area contributed by atoms with E-state index in [-0.39, 0.29) is 23.7 Å². The summed E-state index contributed by atoms with van der Waals surface area (Å²) in [5.74, 6) is 1.03. The molecular formula is C16H29N3O2. The Morgan fingerprint density at radius 3 is 2.29 bits per heavy atom. The van der Waals surface area contributed by atoms with E-state index in [0.717, 1.165) is 45.2 Å². The standard InChI is InChI=1S/C16H29N3O2/c1-18(2)15(20)12-7-9-19(10-8-12)16(21)14-6-4-3-5-13(14)11-17/h12-14H,3-11,17H2,1-2H3. The Morgan fingerprint density at radius 1 is 1.10 bits per heavy atom. The molecule has 2 aliphatic rings. The number of carbonyl (C=O) groups is 2. The van der Waals surface area contributed by atoms with Crippen LogP contribution in [-0.4, -0.2) is 55.3 Å². The molecule has 2 unspecified atom stereocenters. The predicted octanol–water partition coefficient (Wildman–Crippen LogP) is 1.08. The van der Waals surface area contributed by atoms with Crippen LogP contribution in [0.5, 0.6) is 0 Å². The molecule has 1 aliphatic heterocycles. The van der Waals surface area contributed by atoms with E-state index in [1.807, 2.05) is 4.90 Å². The fourth-order valence-electron chi connectivity index (χ4n) is 3.76. The van der Waals surface area contributed by atoms with Gasteiger partial charge in [-0.3, -0.25) is 9.59 Å². The molecule has 21 heavy (non-hydrogen) atoms. The average Bonchev–Trinajstić information content (AvgIpc) is 2.53. The Balaban J connectivity index is 1.89. The molecule has 1 aliphatic carbocycles. The smallest absolute Gasteiger partial charge is 0.226 e. The molecular weight excluding hydrogens is 266 g/mol. The Labute approximate surface area is 127 Å². The highest BCUT2D eigenvalue weighted by Gasteiger charge is 2.35. The largest absolute Gasteiger partial charge is 0.349 e. The van der Waals surface area contributed by atoms with Gasteiger partial charge >= 0.3 is 0 Å². The lowest BCUT2D eigenvalue weighted by atomic mass is 9.78. The van der Waals surface area contributed by atoms with Crippen LogP contribution >= 0.6 is 0 Å². The molecule has 2 atom stereocenters. The molecule has 0 aromatic heterocycles. The lowest BCUT2D eigenvalue weighted by molar-refractivity contribution is -0.143. The first-order chi connectivity index (χ1) is 10.0. The van der Waals surface area contributed by atoms with Crippen molar-refractivity contribution in [2.75, 3.05) is 33.7 Å². The zero-order valence-electron chi connectivity index (χ0n) is 13.4. The first-order valence-corrected chi connectivity index (χ1v) is 8.24. The van der Waals surface area contributed by atoms with Crippen molar-refractivity contribution >= 4 is 11.8 Å². The Morgan fingerprint density at radius 2 is 1.71 bits per heavy atom. The first kappa shape index (κ1) is 16.3. The van der Waals surface area contributed by atoms with Gasteiger partial charge in [0, 0.05) is 39.0 Å². The predicted molar refractivity (Wildman–Crippen MR) is 82.5 cm³/mol. The number of piperidine rings is 1. The van der Waals surface area contributed by atoms with Crippen molar-refractivity contribution in [3.8, 4) is 0 Å². The van der Waals surface area contributed by atoms with Gasteiger partial charge in [0.25, 0.3) is 0 Å². The zero-order valence-corrected chi connectivity index (χ0v) is 13.4. The van der Waals surface area contributed by atoms with E-state index in [1.54, 1.807) is 19.0 Å². The molecule has 2 amide bonds. The number of carbonyl (C=O) groups excluding carboxylic acids is 2. The molecule has 0 aromatic carbocycles. The Bertz CT molecular complexity index is 376. The number of hydrogen-bond donors (Lipinski definition) is 1. The molecule has 1 heterocycles. The van der Waals surface area contributed by atoms with Crippen molar-refractivity contribution in [1.82, 2.24) is 9.80 Å². The van der Waals surface area contributed by atoms with E-state index >= 15 is 0 Å². The summed E-state index contributed by atoms with van der Waals surface area (Å²) in [6.07, 6.45) is 6.00. The van der Waals surface area contributed by atoms with E-state index in [9.17, 15) is 9.59 Å². The van der Waals surface area contributed by atoms with Crippen LogP contribution in [-0.2, 0) is 9.59 Å². The minimum Gasteiger partial charge on any atom is -0.349 e. The van der Waals surface area contributed by atoms with E-state index in [1.165, 1.54) is 6.42 Å². The molecule has 0 bridgehead atoms. The summed E-state index contributed by atoms with van der Waals surface area (Å²) in [6, 6.07) is 0. The first-order valence-electron chi connectivity index (χ1n) is 8.24. The third-order valence-electron chi connectivity index (χ3n) is 5.13. The molecule has 5 heteroatoms. The van der Waals surface area contributed by atoms with Crippen molar-refractivity contribution in [3.63, 3.8) is 0 Å². The van der Waals surface area contributed by atoms with Gasteiger partial charge in [-0.25, -0.2) is 0 Å². The van der Waals surface area contributed by atoms with Gasteiger partial charge in [-0.2, -0.15) is 0 Å². The van der Waals surface area contributed by atoms with Gasteiger partial charge in [0.2, 0.25) is 11.8 Å². The fraction of sp³-hybridized carbons (Fsp3) is 0.875. The second-order valence-electron chi connectivity index (χ2n) is 6.72. The van der Waals surface area contributed by atoms with Crippen LogP contribution in [0.2, 0.25) is 0 Å². The molecule has 1 saturated heterocycles. The second kappa shape index (κ2) is 7.25. The lowest BCUT2D eigenvalue weighted by Gasteiger charge is -2.37. The van der Waals surface area contributed by atoms with Crippen molar-refractivity contribution in [1.29, 1.82) is 0 Å². The van der Waals surface area contributed by atoms with Crippen molar-refractivity contribution in [3.05, 3.63) is 0 Å². The number of rotatable bonds is 3. The minimum atomic E-state index is 0.0840. The highest BCUT2D eigenvalue weighted by molar-refractivity contribution is 5.81. The third kappa shape index (κ3) is 3.76. The second-order valence-corrected chi connectivity index (χ2v) is 6.72. The monoisotopic (exact) mass is 295 g/mol. The van der Waals surface area contributed by atoms with Crippen LogP contribution in [0.3, 0.4) is 0 Å². The van der Waals surface area contributed by atoms with E-state index < -0.39 is 0 Å². The van der Waals surface area contributed by atoms with Crippen LogP contribution in [0.4, 0.5) is 0 Å². The van der Waals surface area contributed by atoms with Gasteiger partial charge in [0.15, 0.2) is 0 Å². The van der Waals surface area contributed by atoms with Gasteiger partial charge in [0.1, 0.15) is 0 Å². The SMILES string of the molecule is CN(C)C(=O)C1CCN(C(=O)C2CCCCC2CN)CC1. The summed E-state index contributed by atoms with van der Waals surface area (Å²) >= 11 is 0. The molecule has 0 spiro atoms. The molecule has 2 N–H and O–H groups in total. The number of hydrogen-bond acceptors (Lipinski definition) is 3. The third-order valence-corrected chi connectivity index (χ3v) is 5.13. The van der Waals surface area contributed by atoms with E-state index in [4.69, 9.17) is 5.73 Å². The maximum absolute atomic E-state index is 12.7. The lowest BCUT2D eigenvalue weighted by Crippen LogP contribution is -2.47. The zero-order chi connectivity index (χ0) is 15.4. The average molecular weight is 295 g/mol. The molecule has 0 radical (unpaired) electrons. The van der Waals surface area contributed by atoms with Gasteiger partial charge in [-0.1, -0.05) is 12.8 Å². The summed E-state index contributed by atoms with van der Waals surface area (Å²) in [5, 5.41) is 0. The van der Waals surface area contributed by atoms with Crippen LogP contribution in [0.1, 0.15) is 38.5 Å². The summed E-state index contributed by atoms with van der Waals surface area (Å²) in [6.45, 7) is 2.06. The molecule has 5 nitrogen and oxygen atoms in total. The van der Waals surface area contributed by atoms with Crippen LogP contribution in [0, 0.1) is 17.8 Å². The topological polar surface area (TPSA) is 66.6 Å². The summed E-state index contributed by atoms with van der Waals surface area (Å²) < 4.78 is 0. The van der Waals surface area contributed by atoms with Crippen molar-refractivity contribution in [2.45, 2.75) is 38.5 Å². The van der Waals surface area contributed by atoms with Crippen LogP contribution < -0.4 is 5.73 Å². The molecule has 0 aromatic rings. The minimum absolute atomic E-state index is 0.0840. The molecule has 2 fully saturated rings. The molecule has 2 rings (SSSR count). The van der Waals surface area contributed by atoms with Gasteiger partial charge in [0.05, 0.1) is 0 Å². The Kier molecular flexibility index (Phi) is 5.62. The van der Waals surface area contributed by atoms with Crippen molar-refractivity contribution < 1.29 is 9.59 Å². The van der Waals surface area contributed by atoms with Crippen molar-refractivity contribution in [2.24, 2.45) is 23.5 Å². The maximum atomic E-state index is 12.7. The highest BCUT2D eigenvalue weighted by Crippen LogP contribution is 2.32. The molecule has 120 valence electrons. The number of nitrogens with zero attached hydrogens (tertiary/aromatic N) is 2. The van der Waals surface area contributed by atoms with Gasteiger partial charge in [-0.05, 0) is 38.1 Å². The summed E-state index contributed by atoms with van der Waals surface area (Å²) in [7, 11) is 3.60. The summed E-state index contributed by atoms with van der Waals surface area (Å²) in [4.78, 5) is 28.3. The summed E-state index contributed by atoms with van der Waals surface area (Å²) in [5.41, 5.74) is 5.84. The number of likely N-dealkylation sites (tertiary alicyclic amines) is 1. The Hall–Kier alpha value is -1.10.